The highest BCUT2D eigenvalue weighted by atomic mass is 32.1. The molecule has 0 bridgehead atoms. The fourth-order valence-corrected chi connectivity index (χ4v) is 24.7. The molecule has 0 radical (unpaired) electrons. The molecule has 0 amide bonds. The van der Waals surface area contributed by atoms with Crippen LogP contribution in [0.2, 0.25) is 0 Å². The molecule has 28 rings (SSSR count). The maximum Gasteiger partial charge on any atom is 0.159 e. The first-order valence-electron chi connectivity index (χ1n) is 47.4. The molecule has 21 aromatic carbocycles. The number of rotatable bonds is 14. The van der Waals surface area contributed by atoms with Crippen molar-refractivity contribution in [2.45, 2.75) is 0 Å². The summed E-state index contributed by atoms with van der Waals surface area (Å²) in [5.74, 6) is 1.59. The Bertz CT molecular complexity index is 9570. The van der Waals surface area contributed by atoms with Gasteiger partial charge in [-0.15, -0.1) is 34.0 Å². The van der Waals surface area contributed by atoms with Gasteiger partial charge in [0.25, 0.3) is 0 Å². The van der Waals surface area contributed by atoms with E-state index < -0.39 is 0 Å². The van der Waals surface area contributed by atoms with Gasteiger partial charge in [-0.25, -0.2) is 9.97 Å². The Morgan fingerprint density at radius 2 is 0.443 bits per heavy atom. The molecule has 7 heterocycles. The van der Waals surface area contributed by atoms with E-state index in [4.69, 9.17) is 4.74 Å². The van der Waals surface area contributed by atoms with E-state index in [9.17, 15) is 0 Å². The van der Waals surface area contributed by atoms with Gasteiger partial charge >= 0.3 is 0 Å². The van der Waals surface area contributed by atoms with Crippen molar-refractivity contribution in [3.05, 3.63) is 498 Å². The second-order valence-electron chi connectivity index (χ2n) is 35.7. The van der Waals surface area contributed by atoms with Crippen molar-refractivity contribution in [3.63, 3.8) is 0 Å². The van der Waals surface area contributed by atoms with Crippen molar-refractivity contribution in [3.8, 4) is 134 Å². The van der Waals surface area contributed by atoms with E-state index in [-0.39, 0.29) is 0 Å². The smallest absolute Gasteiger partial charge is 0.159 e. The Morgan fingerprint density at radius 1 is 0.186 bits per heavy atom. The molecule has 0 aliphatic rings. The predicted octanol–water partition coefficient (Wildman–Crippen LogP) is 36.9. The lowest BCUT2D eigenvalue weighted by Crippen LogP contribution is -1.94. The lowest BCUT2D eigenvalue weighted by atomic mass is 9.96. The third kappa shape index (κ3) is 14.7. The van der Waals surface area contributed by atoms with E-state index in [1.807, 2.05) is 64.6 Å². The molecule has 0 atom stereocenters. The summed E-state index contributed by atoms with van der Waals surface area (Å²) in [6.07, 6.45) is 3.61. The predicted molar refractivity (Wildman–Crippen MR) is 598 cm³/mol. The maximum atomic E-state index is 5.45. The number of para-hydroxylation sites is 3. The summed E-state index contributed by atoms with van der Waals surface area (Å²) in [6, 6.07) is 175. The van der Waals surface area contributed by atoms with Crippen molar-refractivity contribution in [2.24, 2.45) is 0 Å². The van der Waals surface area contributed by atoms with E-state index >= 15 is 0 Å². The largest absolute Gasteiger partial charge is 0.497 e. The summed E-state index contributed by atoms with van der Waals surface area (Å²) < 4.78 is 20.6. The summed E-state index contributed by atoms with van der Waals surface area (Å²) in [5.41, 5.74) is 33.7. The fraction of sp³-hybridized carbons (Fsp3) is 0.00763. The van der Waals surface area contributed by atoms with Gasteiger partial charge in [0, 0.05) is 145 Å². The number of hydrogen-bond acceptors (Lipinski definition) is 6. The Kier molecular flexibility index (Phi) is 21.0. The first kappa shape index (κ1) is 83.2. The van der Waals surface area contributed by atoms with Crippen LogP contribution in [0.15, 0.2) is 498 Å². The molecule has 140 heavy (non-hydrogen) atoms. The van der Waals surface area contributed by atoms with E-state index in [2.05, 4.69) is 491 Å². The van der Waals surface area contributed by atoms with Crippen molar-refractivity contribution in [1.29, 1.82) is 0 Å². The number of methoxy groups -OCH3 is 1. The summed E-state index contributed by atoms with van der Waals surface area (Å²) in [7, 11) is 1.71. The molecule has 28 aromatic rings. The van der Waals surface area contributed by atoms with Crippen LogP contribution in [-0.4, -0.2) is 30.8 Å². The fourth-order valence-electron chi connectivity index (χ4n) is 21.0. The van der Waals surface area contributed by atoms with Crippen molar-refractivity contribution in [1.82, 2.24) is 23.7 Å². The standard InChI is InChI=1S/C48H31NS.C43H29NOS.C40H25N3S/c1-5-13-32(14-6-1)34-21-23-35(24-22-34)38-25-27-40-43(30-38)49(39-19-11-4-12-20-39)44-31-41(36-17-9-3-10-18-36)48-47(46(40)44)42-29-37(26-28-45(42)50-48)33-15-7-2-8-16-33;1-45-34-21-17-29(18-22-34)31-19-23-38-36(25-31)41-39(44(38)33-15-9-4-10-16-33)27-35(30-13-7-3-8-14-30)43-42(41)37-26-32(20-24-40(37)46-43)28-11-5-2-6-12-28;1-4-11-26(12-5-1)28-18-20-36-33(23-28)38-37-32-24-29(40-41-21-10-22-42-40)17-19-34(32)43(30-15-8-3-9-16-30)35(37)25-31(39(38)44-36)27-13-6-2-7-14-27/h1-31H;2-27H,1H3;1-25H. The molecule has 0 aliphatic carbocycles. The number of fused-ring (bicyclic) bond motifs is 21. The molecule has 0 saturated heterocycles. The number of hydrogen-bond donors (Lipinski definition) is 0. The molecule has 0 saturated carbocycles. The number of aromatic nitrogens is 5. The van der Waals surface area contributed by atoms with Crippen LogP contribution in [0.5, 0.6) is 5.75 Å². The number of nitrogens with zero attached hydrogens (tertiary/aromatic N) is 5. The molecule has 7 aromatic heterocycles. The quantitative estimate of drug-likeness (QED) is 0.109. The maximum absolute atomic E-state index is 5.45. The van der Waals surface area contributed by atoms with Crippen LogP contribution in [-0.2, 0) is 0 Å². The van der Waals surface area contributed by atoms with Gasteiger partial charge in [0.15, 0.2) is 5.82 Å². The number of thiophene rings is 3. The Labute approximate surface area is 821 Å². The molecule has 6 nitrogen and oxygen atoms in total. The summed E-state index contributed by atoms with van der Waals surface area (Å²) in [4.78, 5) is 9.17. The Hall–Kier alpha value is -17.4. The first-order valence-corrected chi connectivity index (χ1v) is 49.8. The Balaban J connectivity index is 0.000000108. The third-order valence-corrected chi connectivity index (χ3v) is 31.2. The summed E-state index contributed by atoms with van der Waals surface area (Å²) in [6.45, 7) is 0. The summed E-state index contributed by atoms with van der Waals surface area (Å²) >= 11 is 5.68. The van der Waals surface area contributed by atoms with Gasteiger partial charge in [-0.2, -0.15) is 0 Å². The van der Waals surface area contributed by atoms with Gasteiger partial charge in [-0.05, 0) is 229 Å². The van der Waals surface area contributed by atoms with E-state index in [0.717, 1.165) is 39.7 Å². The molecular formula is C131H85N5OS3. The Morgan fingerprint density at radius 3 is 0.800 bits per heavy atom. The van der Waals surface area contributed by atoms with Crippen LogP contribution in [0.4, 0.5) is 0 Å². The van der Waals surface area contributed by atoms with Crippen molar-refractivity contribution >= 4 is 160 Å². The molecular weight excluding hydrogens is 1760 g/mol. The highest BCUT2D eigenvalue weighted by Crippen LogP contribution is 2.54. The van der Waals surface area contributed by atoms with Crippen LogP contribution in [0, 0.1) is 0 Å². The second kappa shape index (κ2) is 35.4. The SMILES string of the molecule is COc1ccc(-c2ccc3c(c2)c2c4c(sc5ccc(-c6ccccc6)cc54)c(-c4ccccc4)cc2n3-c2ccccc2)cc1.c1ccc(-c2ccc(-c3ccc4c5c6c(sc7ccc(-c8ccccc8)cc76)c(-c6ccccc6)cc5n(-c5ccccc5)c4c3)cc2)cc1.c1ccc(-c2ccc3sc4c(-c5ccccc5)cc5c(c6cc(-c7ncccn7)ccc6n5-c5ccccc5)c4c3c2)cc1. The van der Waals surface area contributed by atoms with Crippen LogP contribution in [0.1, 0.15) is 0 Å². The minimum absolute atomic E-state index is 0.730. The van der Waals surface area contributed by atoms with E-state index in [1.165, 1.54) is 221 Å². The normalized spacial score (nSPS) is 11.6. The first-order chi connectivity index (χ1) is 69.4. The molecule has 0 fully saturated rings. The van der Waals surface area contributed by atoms with E-state index in [0.29, 0.717) is 0 Å². The van der Waals surface area contributed by atoms with Crippen LogP contribution < -0.4 is 4.74 Å². The highest BCUT2D eigenvalue weighted by Gasteiger charge is 2.28. The lowest BCUT2D eigenvalue weighted by molar-refractivity contribution is 0.415. The van der Waals surface area contributed by atoms with Crippen LogP contribution in [0.25, 0.3) is 255 Å². The minimum Gasteiger partial charge on any atom is -0.497 e. The monoisotopic (exact) mass is 1840 g/mol. The minimum atomic E-state index is 0.730. The molecule has 0 aliphatic heterocycles. The van der Waals surface area contributed by atoms with Crippen LogP contribution in [0.3, 0.4) is 0 Å². The zero-order valence-electron chi connectivity index (χ0n) is 76.2. The molecule has 0 N–H and O–H groups in total. The zero-order valence-corrected chi connectivity index (χ0v) is 78.7. The van der Waals surface area contributed by atoms with Gasteiger partial charge in [-0.3, -0.25) is 0 Å². The molecule has 0 unspecified atom stereocenters. The van der Waals surface area contributed by atoms with E-state index in [1.54, 1.807) is 7.11 Å². The van der Waals surface area contributed by atoms with Gasteiger partial charge in [-0.1, -0.05) is 340 Å². The lowest BCUT2D eigenvalue weighted by Gasteiger charge is -2.11. The highest BCUT2D eigenvalue weighted by molar-refractivity contribution is 7.27. The van der Waals surface area contributed by atoms with Gasteiger partial charge in [0.2, 0.25) is 0 Å². The number of ether oxygens (including phenoxy) is 1. The average molecular weight is 1840 g/mol. The topological polar surface area (TPSA) is 49.8 Å². The van der Waals surface area contributed by atoms with Gasteiger partial charge in [0.1, 0.15) is 5.75 Å². The molecule has 9 heteroatoms. The molecule has 658 valence electrons. The average Bonchev–Trinajstić information content (AvgIpc) is 1.55. The number of benzene rings is 21. The van der Waals surface area contributed by atoms with Crippen molar-refractivity contribution < 1.29 is 4.74 Å². The zero-order chi connectivity index (χ0) is 92.7. The van der Waals surface area contributed by atoms with Crippen molar-refractivity contribution in [2.75, 3.05) is 7.11 Å². The summed E-state index contributed by atoms with van der Waals surface area (Å²) in [5, 5.41) is 15.4. The third-order valence-electron chi connectivity index (χ3n) is 27.6. The van der Waals surface area contributed by atoms with Gasteiger partial charge in [0.05, 0.1) is 40.2 Å². The second-order valence-corrected chi connectivity index (χ2v) is 38.8. The molecule has 0 spiro atoms. The van der Waals surface area contributed by atoms with Crippen LogP contribution >= 0.6 is 34.0 Å². The van der Waals surface area contributed by atoms with Gasteiger partial charge < -0.3 is 18.4 Å².